The number of carbonyl (C=O) groups is 1. The molecule has 1 aliphatic carbocycles. The van der Waals surface area contributed by atoms with E-state index < -0.39 is 5.57 Å². The molecule has 0 unspecified atom stereocenters. The Morgan fingerprint density at radius 3 is 2.56 bits per heavy atom. The second kappa shape index (κ2) is 8.64. The fourth-order valence-corrected chi connectivity index (χ4v) is 4.11. The molecule has 0 radical (unpaired) electrons. The molecular weight excluding hydrogens is 464 g/mol. The van der Waals surface area contributed by atoms with Crippen LogP contribution < -0.4 is 10.1 Å². The van der Waals surface area contributed by atoms with Gasteiger partial charge < -0.3 is 14.6 Å². The summed E-state index contributed by atoms with van der Waals surface area (Å²) in [6.45, 7) is 2.18. The predicted octanol–water partition coefficient (Wildman–Crippen LogP) is 5.88. The van der Waals surface area contributed by atoms with Crippen LogP contribution in [0.1, 0.15) is 36.2 Å². The van der Waals surface area contributed by atoms with Gasteiger partial charge in [-0.25, -0.2) is 15.0 Å². The monoisotopic (exact) mass is 483 g/mol. The molecule has 1 saturated carbocycles. The van der Waals surface area contributed by atoms with Crippen molar-refractivity contribution < 1.29 is 18.3 Å². The van der Waals surface area contributed by atoms with Gasteiger partial charge in [0.25, 0.3) is 5.91 Å². The summed E-state index contributed by atoms with van der Waals surface area (Å²) in [7, 11) is 0. The van der Waals surface area contributed by atoms with Crippen LogP contribution in [-0.2, 0) is 0 Å². The molecule has 1 fully saturated rings. The van der Waals surface area contributed by atoms with Crippen LogP contribution in [0.4, 0.5) is 14.5 Å². The highest BCUT2D eigenvalue weighted by Crippen LogP contribution is 2.42. The molecule has 2 heterocycles. The number of carbonyl (C=O) groups excluding carboxylic acids is 1. The number of hydrogen-bond donors (Lipinski definition) is 1. The zero-order chi connectivity index (χ0) is 23.9. The topological polar surface area (TPSA) is 81.9 Å². The molecule has 1 aliphatic rings. The molecule has 0 bridgehead atoms. The highest BCUT2D eigenvalue weighted by molar-refractivity contribution is 6.20. The third kappa shape index (κ3) is 4.70. The van der Waals surface area contributed by atoms with Crippen molar-refractivity contribution >= 4 is 34.2 Å². The standard InChI is InChI=1S/C24H20ClF2N5O2/c1-14(15-2-3-15)32-13-30-21-9-16(8-20(22(21)32)17-10-28-12-29-11-17)23(33)31-18-4-6-19(7-5-18)34-24(25,26)27/h4-15H,2-3H2,1H3,(H,31,33)/t14-/m1/s1. The van der Waals surface area contributed by atoms with Crippen LogP contribution in [0, 0.1) is 5.92 Å². The lowest BCUT2D eigenvalue weighted by molar-refractivity contribution is -0.0964. The van der Waals surface area contributed by atoms with Crippen molar-refractivity contribution in [1.82, 2.24) is 19.5 Å². The fourth-order valence-electron chi connectivity index (χ4n) is 4.02. The largest absolute Gasteiger partial charge is 0.487 e. The van der Waals surface area contributed by atoms with Crippen LogP contribution in [0.25, 0.3) is 22.2 Å². The first-order valence-electron chi connectivity index (χ1n) is 10.7. The molecule has 4 aromatic rings. The Kier molecular flexibility index (Phi) is 5.65. The number of alkyl halides is 3. The van der Waals surface area contributed by atoms with Gasteiger partial charge in [-0.15, -0.1) is 8.78 Å². The van der Waals surface area contributed by atoms with Crippen LogP contribution in [0.5, 0.6) is 5.75 Å². The normalized spacial score (nSPS) is 14.7. The summed E-state index contributed by atoms with van der Waals surface area (Å²) >= 11 is 4.78. The number of ether oxygens (including phenoxy) is 1. The van der Waals surface area contributed by atoms with Crippen molar-refractivity contribution in [2.24, 2.45) is 5.92 Å². The molecule has 1 amide bonds. The van der Waals surface area contributed by atoms with E-state index in [9.17, 15) is 13.6 Å². The first-order chi connectivity index (χ1) is 16.3. The average Bonchev–Trinajstić information content (AvgIpc) is 3.58. The maximum Gasteiger partial charge on any atom is 0.487 e. The Labute approximate surface area is 198 Å². The minimum absolute atomic E-state index is 0.124. The van der Waals surface area contributed by atoms with E-state index in [-0.39, 0.29) is 17.7 Å². The zero-order valence-electron chi connectivity index (χ0n) is 18.1. The number of benzene rings is 2. The number of rotatable bonds is 7. The SMILES string of the molecule is C[C@H](C1CC1)n1cnc2cc(C(=O)Nc3ccc(OC(F)(F)Cl)cc3)cc(-c3cncnc3)c21. The van der Waals surface area contributed by atoms with Crippen molar-refractivity contribution in [1.29, 1.82) is 0 Å². The summed E-state index contributed by atoms with van der Waals surface area (Å²) < 4.78 is 32.1. The second-order valence-electron chi connectivity index (χ2n) is 8.27. The van der Waals surface area contributed by atoms with Crippen molar-refractivity contribution in [2.75, 3.05) is 5.32 Å². The fraction of sp³-hybridized carbons (Fsp3) is 0.250. The minimum Gasteiger partial charge on any atom is -0.420 e. The molecular formula is C24H20ClF2N5O2. The maximum absolute atomic E-state index is 13.1. The zero-order valence-corrected chi connectivity index (χ0v) is 18.8. The summed E-state index contributed by atoms with van der Waals surface area (Å²) in [6, 6.07) is 9.30. The Balaban J connectivity index is 1.48. The van der Waals surface area contributed by atoms with Gasteiger partial charge in [-0.05, 0) is 62.1 Å². The summed E-state index contributed by atoms with van der Waals surface area (Å²) in [5.41, 5.74) is 0.187. The number of imidazole rings is 1. The third-order valence-corrected chi connectivity index (χ3v) is 5.97. The number of aromatic nitrogens is 4. The van der Waals surface area contributed by atoms with E-state index in [4.69, 9.17) is 11.6 Å². The van der Waals surface area contributed by atoms with Gasteiger partial charge in [-0.3, -0.25) is 4.79 Å². The molecule has 10 heteroatoms. The first kappa shape index (κ1) is 22.2. The molecule has 1 N–H and O–H groups in total. The molecule has 5 rings (SSSR count). The number of amides is 1. The van der Waals surface area contributed by atoms with Gasteiger partial charge in [-0.1, -0.05) is 0 Å². The van der Waals surface area contributed by atoms with E-state index in [1.807, 2.05) is 6.33 Å². The van der Waals surface area contributed by atoms with Gasteiger partial charge in [-0.2, -0.15) is 0 Å². The smallest absolute Gasteiger partial charge is 0.420 e. The van der Waals surface area contributed by atoms with E-state index >= 15 is 0 Å². The lowest BCUT2D eigenvalue weighted by Gasteiger charge is -2.16. The molecule has 0 aliphatic heterocycles. The number of fused-ring (bicyclic) bond motifs is 1. The minimum atomic E-state index is -3.81. The quantitative estimate of drug-likeness (QED) is 0.332. The molecule has 7 nitrogen and oxygen atoms in total. The lowest BCUT2D eigenvalue weighted by atomic mass is 10.0. The Hall–Kier alpha value is -3.59. The molecule has 0 spiro atoms. The molecule has 174 valence electrons. The number of halogens is 3. The van der Waals surface area contributed by atoms with E-state index in [0.29, 0.717) is 22.7 Å². The summed E-state index contributed by atoms with van der Waals surface area (Å²) in [5, 5.41) is 2.77. The molecule has 2 aromatic carbocycles. The van der Waals surface area contributed by atoms with Gasteiger partial charge in [0.15, 0.2) is 0 Å². The second-order valence-corrected chi connectivity index (χ2v) is 8.71. The Morgan fingerprint density at radius 1 is 1.21 bits per heavy atom. The van der Waals surface area contributed by atoms with Crippen molar-refractivity contribution in [3.05, 3.63) is 67.0 Å². The first-order valence-corrected chi connectivity index (χ1v) is 11.1. The van der Waals surface area contributed by atoms with Crippen molar-refractivity contribution in [2.45, 2.75) is 31.4 Å². The highest BCUT2D eigenvalue weighted by Gasteiger charge is 2.31. The van der Waals surface area contributed by atoms with Gasteiger partial charge >= 0.3 is 5.57 Å². The summed E-state index contributed by atoms with van der Waals surface area (Å²) in [6.07, 6.45) is 9.06. The summed E-state index contributed by atoms with van der Waals surface area (Å²) in [5.74, 6) is 0.119. The molecule has 2 aromatic heterocycles. The third-order valence-electron chi connectivity index (χ3n) is 5.89. The van der Waals surface area contributed by atoms with Gasteiger partial charge in [0.1, 0.15) is 12.1 Å². The predicted molar refractivity (Wildman–Crippen MR) is 124 cm³/mol. The van der Waals surface area contributed by atoms with Crippen molar-refractivity contribution in [3.8, 4) is 16.9 Å². The Morgan fingerprint density at radius 2 is 1.91 bits per heavy atom. The number of hydrogen-bond acceptors (Lipinski definition) is 5. The Bertz CT molecular complexity index is 1340. The maximum atomic E-state index is 13.1. The molecule has 34 heavy (non-hydrogen) atoms. The average molecular weight is 484 g/mol. The van der Waals surface area contributed by atoms with Crippen LogP contribution in [-0.4, -0.2) is 31.0 Å². The van der Waals surface area contributed by atoms with Crippen LogP contribution in [0.3, 0.4) is 0 Å². The van der Waals surface area contributed by atoms with E-state index in [2.05, 4.69) is 36.5 Å². The summed E-state index contributed by atoms with van der Waals surface area (Å²) in [4.78, 5) is 25.9. The van der Waals surface area contributed by atoms with E-state index in [0.717, 1.165) is 16.6 Å². The van der Waals surface area contributed by atoms with Crippen molar-refractivity contribution in [3.63, 3.8) is 0 Å². The number of nitrogens with one attached hydrogen (secondary N) is 1. The van der Waals surface area contributed by atoms with Gasteiger partial charge in [0.05, 0.1) is 17.4 Å². The van der Waals surface area contributed by atoms with E-state index in [1.165, 1.54) is 43.4 Å². The molecule has 0 saturated heterocycles. The van der Waals surface area contributed by atoms with Crippen LogP contribution in [0.2, 0.25) is 0 Å². The highest BCUT2D eigenvalue weighted by atomic mass is 35.5. The number of nitrogens with zero attached hydrogens (tertiary/aromatic N) is 4. The van der Waals surface area contributed by atoms with Crippen LogP contribution >= 0.6 is 11.6 Å². The van der Waals surface area contributed by atoms with Gasteiger partial charge in [0.2, 0.25) is 0 Å². The van der Waals surface area contributed by atoms with Gasteiger partial charge in [0, 0.05) is 52.4 Å². The van der Waals surface area contributed by atoms with E-state index in [1.54, 1.807) is 24.5 Å². The number of anilines is 1. The van der Waals surface area contributed by atoms with Crippen LogP contribution in [0.15, 0.2) is 61.4 Å². The molecule has 1 atom stereocenters. The lowest BCUT2D eigenvalue weighted by Crippen LogP contribution is -2.16.